The highest BCUT2D eigenvalue weighted by Gasteiger charge is 2.13. The fourth-order valence-electron chi connectivity index (χ4n) is 1.18. The first kappa shape index (κ1) is 12.7. The van der Waals surface area contributed by atoms with Crippen LogP contribution in [0.25, 0.3) is 0 Å². The van der Waals surface area contributed by atoms with Crippen LogP contribution >= 0.6 is 0 Å². The van der Waals surface area contributed by atoms with Crippen LogP contribution in [0.2, 0.25) is 0 Å². The Morgan fingerprint density at radius 1 is 1.47 bits per heavy atom. The molecule has 6 nitrogen and oxygen atoms in total. The highest BCUT2D eigenvalue weighted by atomic mass is 16.6. The lowest BCUT2D eigenvalue weighted by Gasteiger charge is -2.05. The number of anilines is 1. The van der Waals surface area contributed by atoms with Gasteiger partial charge in [-0.25, -0.2) is 0 Å². The predicted molar refractivity (Wildman–Crippen MR) is 63.4 cm³/mol. The zero-order valence-electron chi connectivity index (χ0n) is 8.97. The summed E-state index contributed by atoms with van der Waals surface area (Å²) in [6.45, 7) is 0.278. The SMILES string of the molecule is C#CCNCC(=O)Nc1ccccc1[N+](=O)[O-]. The number of amides is 1. The van der Waals surface area contributed by atoms with E-state index in [0.29, 0.717) is 0 Å². The molecule has 2 N–H and O–H groups in total. The van der Waals surface area contributed by atoms with Crippen molar-refractivity contribution < 1.29 is 9.72 Å². The van der Waals surface area contributed by atoms with Crippen LogP contribution in [0.1, 0.15) is 0 Å². The molecule has 0 aromatic heterocycles. The first-order chi connectivity index (χ1) is 8.15. The second-order valence-corrected chi connectivity index (χ2v) is 3.13. The number of nitrogens with one attached hydrogen (secondary N) is 2. The summed E-state index contributed by atoms with van der Waals surface area (Å²) in [6.07, 6.45) is 5.00. The molecule has 0 fully saturated rings. The topological polar surface area (TPSA) is 84.3 Å². The number of nitro groups is 1. The second kappa shape index (κ2) is 6.25. The molecule has 0 bridgehead atoms. The van der Waals surface area contributed by atoms with E-state index in [2.05, 4.69) is 16.6 Å². The van der Waals surface area contributed by atoms with Crippen molar-refractivity contribution in [3.8, 4) is 12.3 Å². The predicted octanol–water partition coefficient (Wildman–Crippen LogP) is 0.756. The highest BCUT2D eigenvalue weighted by Crippen LogP contribution is 2.22. The summed E-state index contributed by atoms with van der Waals surface area (Å²) >= 11 is 0. The van der Waals surface area contributed by atoms with Gasteiger partial charge in [0.15, 0.2) is 0 Å². The number of carbonyl (C=O) groups excluding carboxylic acids is 1. The number of nitro benzene ring substituents is 1. The van der Waals surface area contributed by atoms with E-state index in [1.54, 1.807) is 6.07 Å². The third-order valence-electron chi connectivity index (χ3n) is 1.89. The molecule has 0 saturated carbocycles. The Morgan fingerprint density at radius 3 is 2.82 bits per heavy atom. The van der Waals surface area contributed by atoms with Gasteiger partial charge < -0.3 is 5.32 Å². The van der Waals surface area contributed by atoms with Crippen molar-refractivity contribution in [3.63, 3.8) is 0 Å². The van der Waals surface area contributed by atoms with Crippen LogP contribution in [0.15, 0.2) is 24.3 Å². The number of benzene rings is 1. The van der Waals surface area contributed by atoms with Gasteiger partial charge in [-0.1, -0.05) is 18.1 Å². The van der Waals surface area contributed by atoms with Gasteiger partial charge in [0.1, 0.15) is 5.69 Å². The minimum absolute atomic E-state index is 0.0102. The molecule has 0 heterocycles. The van der Waals surface area contributed by atoms with Crippen LogP contribution in [-0.2, 0) is 4.79 Å². The van der Waals surface area contributed by atoms with E-state index in [4.69, 9.17) is 6.42 Å². The van der Waals surface area contributed by atoms with Crippen LogP contribution < -0.4 is 10.6 Å². The molecule has 0 spiro atoms. The molecular formula is C11H11N3O3. The molecule has 88 valence electrons. The summed E-state index contributed by atoms with van der Waals surface area (Å²) in [4.78, 5) is 21.5. The molecule has 0 aliphatic rings. The van der Waals surface area contributed by atoms with Gasteiger partial charge in [0, 0.05) is 6.07 Å². The Bertz CT molecular complexity index is 465. The quantitative estimate of drug-likeness (QED) is 0.340. The van der Waals surface area contributed by atoms with E-state index in [1.807, 2.05) is 0 Å². The van der Waals surface area contributed by atoms with E-state index in [0.717, 1.165) is 0 Å². The van der Waals surface area contributed by atoms with Crippen molar-refractivity contribution in [2.45, 2.75) is 0 Å². The number of para-hydroxylation sites is 2. The van der Waals surface area contributed by atoms with Crippen LogP contribution in [0, 0.1) is 22.5 Å². The molecule has 0 aliphatic heterocycles. The number of rotatable bonds is 5. The van der Waals surface area contributed by atoms with Crippen LogP contribution in [0.3, 0.4) is 0 Å². The van der Waals surface area contributed by atoms with Gasteiger partial charge in [-0.05, 0) is 6.07 Å². The summed E-state index contributed by atoms with van der Waals surface area (Å²) in [5, 5.41) is 15.8. The molecule has 1 aromatic rings. The third kappa shape index (κ3) is 3.93. The van der Waals surface area contributed by atoms with E-state index >= 15 is 0 Å². The maximum absolute atomic E-state index is 11.4. The van der Waals surface area contributed by atoms with Gasteiger partial charge >= 0.3 is 0 Å². The molecule has 0 atom stereocenters. The van der Waals surface area contributed by atoms with E-state index in [1.165, 1.54) is 18.2 Å². The number of hydrogen-bond acceptors (Lipinski definition) is 4. The van der Waals surface area contributed by atoms with Gasteiger partial charge in [-0.15, -0.1) is 6.42 Å². The van der Waals surface area contributed by atoms with Gasteiger partial charge in [0.05, 0.1) is 18.0 Å². The minimum Gasteiger partial charge on any atom is -0.319 e. The number of carbonyl (C=O) groups is 1. The van der Waals surface area contributed by atoms with Crippen LogP contribution in [0.4, 0.5) is 11.4 Å². The third-order valence-corrected chi connectivity index (χ3v) is 1.89. The second-order valence-electron chi connectivity index (χ2n) is 3.13. The number of terminal acetylenes is 1. The maximum atomic E-state index is 11.4. The molecule has 0 radical (unpaired) electrons. The fraction of sp³-hybridized carbons (Fsp3) is 0.182. The van der Waals surface area contributed by atoms with Crippen molar-refractivity contribution >= 4 is 17.3 Å². The molecule has 6 heteroatoms. The maximum Gasteiger partial charge on any atom is 0.292 e. The summed E-state index contributed by atoms with van der Waals surface area (Å²) in [5.41, 5.74) is 0.0304. The molecule has 0 saturated heterocycles. The van der Waals surface area contributed by atoms with Crippen molar-refractivity contribution in [1.82, 2.24) is 5.32 Å². The normalized spacial score (nSPS) is 9.35. The smallest absolute Gasteiger partial charge is 0.292 e. The monoisotopic (exact) mass is 233 g/mol. The summed E-state index contributed by atoms with van der Waals surface area (Å²) < 4.78 is 0. The minimum atomic E-state index is -0.551. The van der Waals surface area contributed by atoms with E-state index in [-0.39, 0.29) is 30.4 Å². The lowest BCUT2D eigenvalue weighted by Crippen LogP contribution is -2.28. The first-order valence-corrected chi connectivity index (χ1v) is 4.82. The Labute approximate surface area is 98.2 Å². The van der Waals surface area contributed by atoms with E-state index in [9.17, 15) is 14.9 Å². The van der Waals surface area contributed by atoms with Crippen LogP contribution in [-0.4, -0.2) is 23.9 Å². The first-order valence-electron chi connectivity index (χ1n) is 4.82. The lowest BCUT2D eigenvalue weighted by molar-refractivity contribution is -0.383. The molecule has 1 amide bonds. The largest absolute Gasteiger partial charge is 0.319 e. The highest BCUT2D eigenvalue weighted by molar-refractivity contribution is 5.94. The standard InChI is InChI=1S/C11H11N3O3/c1-2-7-12-8-11(15)13-9-5-3-4-6-10(9)14(16)17/h1,3-6,12H,7-8H2,(H,13,15). The molecular weight excluding hydrogens is 222 g/mol. The lowest BCUT2D eigenvalue weighted by atomic mass is 10.2. The number of hydrogen-bond donors (Lipinski definition) is 2. The van der Waals surface area contributed by atoms with Gasteiger partial charge in [0.2, 0.25) is 5.91 Å². The van der Waals surface area contributed by atoms with Crippen LogP contribution in [0.5, 0.6) is 0 Å². The average Bonchev–Trinajstić information content (AvgIpc) is 2.29. The van der Waals surface area contributed by atoms with Crippen molar-refractivity contribution in [2.75, 3.05) is 18.4 Å². The van der Waals surface area contributed by atoms with Crippen molar-refractivity contribution in [3.05, 3.63) is 34.4 Å². The van der Waals surface area contributed by atoms with Crippen molar-refractivity contribution in [1.29, 1.82) is 0 Å². The number of nitrogens with zero attached hydrogens (tertiary/aromatic N) is 1. The Morgan fingerprint density at radius 2 is 2.18 bits per heavy atom. The van der Waals surface area contributed by atoms with Gasteiger partial charge in [-0.3, -0.25) is 20.2 Å². The fourth-order valence-corrected chi connectivity index (χ4v) is 1.18. The molecule has 0 aliphatic carbocycles. The molecule has 1 rings (SSSR count). The van der Waals surface area contributed by atoms with Crippen molar-refractivity contribution in [2.24, 2.45) is 0 Å². The average molecular weight is 233 g/mol. The summed E-state index contributed by atoms with van der Waals surface area (Å²) in [7, 11) is 0. The summed E-state index contributed by atoms with van der Waals surface area (Å²) in [5.74, 6) is 1.94. The zero-order valence-corrected chi connectivity index (χ0v) is 8.97. The molecule has 1 aromatic carbocycles. The Kier molecular flexibility index (Phi) is 4.66. The van der Waals surface area contributed by atoms with Gasteiger partial charge in [0.25, 0.3) is 5.69 Å². The Hall–Kier alpha value is -2.39. The van der Waals surface area contributed by atoms with Gasteiger partial charge in [-0.2, -0.15) is 0 Å². The summed E-state index contributed by atoms with van der Waals surface area (Å²) in [6, 6.07) is 5.93. The zero-order chi connectivity index (χ0) is 12.7. The van der Waals surface area contributed by atoms with E-state index < -0.39 is 4.92 Å². The molecule has 17 heavy (non-hydrogen) atoms. The Balaban J connectivity index is 2.65. The molecule has 0 unspecified atom stereocenters.